The molecular weight excluding hydrogens is 364 g/mol. The second-order valence-corrected chi connectivity index (χ2v) is 7.87. The number of fused-ring (bicyclic) bond motifs is 2. The molecule has 2 bridgehead atoms. The van der Waals surface area contributed by atoms with Crippen molar-refractivity contribution in [2.45, 2.75) is 70.2 Å². The third kappa shape index (κ3) is 3.39. The molecule has 9 heteroatoms. The number of carbonyl (C=O) groups is 3. The summed E-state index contributed by atoms with van der Waals surface area (Å²) in [7, 11) is 0. The predicted molar refractivity (Wildman–Crippen MR) is 98.8 cm³/mol. The van der Waals surface area contributed by atoms with Crippen LogP contribution in [0.15, 0.2) is 6.20 Å². The fraction of sp³-hybridized carbons (Fsp3) is 0.684. The summed E-state index contributed by atoms with van der Waals surface area (Å²) in [6.45, 7) is 2.44. The number of carboxylic acids is 1. The summed E-state index contributed by atoms with van der Waals surface area (Å²) in [5.41, 5.74) is 0.479. The zero-order valence-electron chi connectivity index (χ0n) is 15.9. The molecule has 0 radical (unpaired) electrons. The maximum Gasteiger partial charge on any atom is 0.310 e. The first-order chi connectivity index (χ1) is 13.5. The number of nitrogens with one attached hydrogen (secondary N) is 2. The number of carboxylic acid groups (broad SMARTS) is 1. The van der Waals surface area contributed by atoms with Crippen molar-refractivity contribution in [2.24, 2.45) is 11.8 Å². The summed E-state index contributed by atoms with van der Waals surface area (Å²) >= 11 is 0. The van der Waals surface area contributed by atoms with Crippen LogP contribution in [-0.4, -0.2) is 50.9 Å². The largest absolute Gasteiger partial charge is 0.481 e. The number of hydrogen-bond donors (Lipinski definition) is 3. The highest BCUT2D eigenvalue weighted by Gasteiger charge is 2.55. The van der Waals surface area contributed by atoms with Crippen molar-refractivity contribution in [3.63, 3.8) is 0 Å². The zero-order chi connectivity index (χ0) is 19.8. The van der Waals surface area contributed by atoms with Crippen molar-refractivity contribution in [1.29, 1.82) is 0 Å². The van der Waals surface area contributed by atoms with Crippen molar-refractivity contribution in [1.82, 2.24) is 15.1 Å². The van der Waals surface area contributed by atoms with Crippen LogP contribution in [0, 0.1) is 11.8 Å². The highest BCUT2D eigenvalue weighted by atomic mass is 16.5. The van der Waals surface area contributed by atoms with Gasteiger partial charge in [0.25, 0.3) is 5.91 Å². The summed E-state index contributed by atoms with van der Waals surface area (Å²) in [5, 5.41) is 19.6. The first-order valence-electron chi connectivity index (χ1n) is 10.1. The van der Waals surface area contributed by atoms with Crippen LogP contribution in [0.3, 0.4) is 0 Å². The summed E-state index contributed by atoms with van der Waals surface area (Å²) in [5.74, 6) is -3.36. The van der Waals surface area contributed by atoms with Gasteiger partial charge < -0.3 is 20.5 Å². The number of ether oxygens (including phenoxy) is 1. The molecule has 3 fully saturated rings. The monoisotopic (exact) mass is 390 g/mol. The van der Waals surface area contributed by atoms with Crippen LogP contribution in [0.4, 0.5) is 5.69 Å². The van der Waals surface area contributed by atoms with Gasteiger partial charge in [-0.3, -0.25) is 19.1 Å². The molecule has 0 spiro atoms. The van der Waals surface area contributed by atoms with Gasteiger partial charge in [-0.15, -0.1) is 0 Å². The third-order valence-electron chi connectivity index (χ3n) is 6.11. The molecule has 4 atom stereocenters. The van der Waals surface area contributed by atoms with Gasteiger partial charge in [0.2, 0.25) is 5.91 Å². The minimum atomic E-state index is -1.02. The van der Waals surface area contributed by atoms with Crippen LogP contribution < -0.4 is 10.6 Å². The first-order valence-corrected chi connectivity index (χ1v) is 10.1. The number of aryl methyl sites for hydroxylation is 1. The van der Waals surface area contributed by atoms with Gasteiger partial charge in [-0.1, -0.05) is 12.8 Å². The molecule has 28 heavy (non-hydrogen) atoms. The molecule has 9 nitrogen and oxygen atoms in total. The molecule has 2 amide bonds. The van der Waals surface area contributed by atoms with Crippen LogP contribution in [0.5, 0.6) is 0 Å². The lowest BCUT2D eigenvalue weighted by Crippen LogP contribution is -2.41. The van der Waals surface area contributed by atoms with Crippen LogP contribution in [0.25, 0.3) is 0 Å². The summed E-state index contributed by atoms with van der Waals surface area (Å²) in [6.07, 6.45) is 6.24. The molecule has 0 unspecified atom stereocenters. The molecule has 1 aromatic heterocycles. The number of carbonyl (C=O) groups excluding carboxylic acids is 2. The average Bonchev–Trinajstić information content (AvgIpc) is 3.44. The van der Waals surface area contributed by atoms with E-state index in [1.807, 2.05) is 6.92 Å². The summed E-state index contributed by atoms with van der Waals surface area (Å²) < 4.78 is 7.26. The van der Waals surface area contributed by atoms with Crippen molar-refractivity contribution >= 4 is 23.5 Å². The maximum atomic E-state index is 12.9. The van der Waals surface area contributed by atoms with Crippen molar-refractivity contribution in [3.8, 4) is 0 Å². The summed E-state index contributed by atoms with van der Waals surface area (Å²) in [6, 6.07) is 0.137. The second kappa shape index (κ2) is 7.54. The lowest BCUT2D eigenvalue weighted by atomic mass is 9.78. The smallest absolute Gasteiger partial charge is 0.310 e. The predicted octanol–water partition coefficient (Wildman–Crippen LogP) is 1.39. The number of rotatable bonds is 6. The third-order valence-corrected chi connectivity index (χ3v) is 6.11. The van der Waals surface area contributed by atoms with E-state index in [0.29, 0.717) is 25.1 Å². The maximum absolute atomic E-state index is 12.9. The Morgan fingerprint density at radius 3 is 2.50 bits per heavy atom. The first kappa shape index (κ1) is 18.9. The van der Waals surface area contributed by atoms with Gasteiger partial charge in [0.05, 0.1) is 29.7 Å². The number of anilines is 1. The summed E-state index contributed by atoms with van der Waals surface area (Å²) in [4.78, 5) is 37.2. The Labute approximate surface area is 162 Å². The van der Waals surface area contributed by atoms with Crippen LogP contribution in [0.2, 0.25) is 0 Å². The molecule has 152 valence electrons. The van der Waals surface area contributed by atoms with E-state index in [4.69, 9.17) is 4.74 Å². The van der Waals surface area contributed by atoms with Gasteiger partial charge in [-0.2, -0.15) is 5.10 Å². The molecule has 4 rings (SSSR count). The molecule has 2 aliphatic heterocycles. The van der Waals surface area contributed by atoms with Gasteiger partial charge >= 0.3 is 5.97 Å². The van der Waals surface area contributed by atoms with Crippen molar-refractivity contribution in [2.75, 3.05) is 5.32 Å². The lowest BCUT2D eigenvalue weighted by Gasteiger charge is -2.23. The zero-order valence-corrected chi connectivity index (χ0v) is 15.9. The lowest BCUT2D eigenvalue weighted by molar-refractivity contribution is -0.147. The highest BCUT2D eigenvalue weighted by molar-refractivity contribution is 6.03. The molecule has 3 heterocycles. The molecule has 3 N–H and O–H groups in total. The standard InChI is InChI=1S/C19H26N4O5/c1-2-23-9-11(16(22-23)18(25)20-10-5-3-4-6-10)21-17(24)14-12-7-8-13(28-12)15(14)19(26)27/h9-10,12-15H,2-8H2,1H3,(H,20,25)(H,21,24)(H,26,27)/t12-,13-,14+,15+/m1/s1. The van der Waals surface area contributed by atoms with E-state index in [0.717, 1.165) is 25.7 Å². The molecule has 1 aliphatic carbocycles. The van der Waals surface area contributed by atoms with Crippen molar-refractivity contribution < 1.29 is 24.2 Å². The van der Waals surface area contributed by atoms with Crippen LogP contribution >= 0.6 is 0 Å². The molecular formula is C19H26N4O5. The molecule has 2 saturated heterocycles. The minimum absolute atomic E-state index is 0.137. The van der Waals surface area contributed by atoms with E-state index in [2.05, 4.69) is 15.7 Å². The minimum Gasteiger partial charge on any atom is -0.481 e. The molecule has 1 aromatic rings. The normalized spacial score (nSPS) is 29.2. The Hall–Kier alpha value is -2.42. The van der Waals surface area contributed by atoms with E-state index >= 15 is 0 Å². The van der Waals surface area contributed by atoms with Gasteiger partial charge in [0, 0.05) is 18.8 Å². The fourth-order valence-corrected chi connectivity index (χ4v) is 4.71. The SMILES string of the molecule is CCn1cc(NC(=O)[C@@H]2[C@@H](C(=O)O)[C@H]3CC[C@H]2O3)c(C(=O)NC2CCCC2)n1. The average molecular weight is 390 g/mol. The topological polar surface area (TPSA) is 123 Å². The highest BCUT2D eigenvalue weighted by Crippen LogP contribution is 2.44. The Morgan fingerprint density at radius 1 is 1.18 bits per heavy atom. The van der Waals surface area contributed by atoms with Gasteiger partial charge in [-0.05, 0) is 32.6 Å². The number of nitrogens with zero attached hydrogens (tertiary/aromatic N) is 2. The van der Waals surface area contributed by atoms with Gasteiger partial charge in [0.15, 0.2) is 5.69 Å². The quantitative estimate of drug-likeness (QED) is 0.675. The van der Waals surface area contributed by atoms with E-state index in [1.165, 1.54) is 0 Å². The Morgan fingerprint density at radius 2 is 1.86 bits per heavy atom. The van der Waals surface area contributed by atoms with E-state index in [9.17, 15) is 19.5 Å². The van der Waals surface area contributed by atoms with Gasteiger partial charge in [0.1, 0.15) is 0 Å². The number of hydrogen-bond acceptors (Lipinski definition) is 5. The van der Waals surface area contributed by atoms with Crippen LogP contribution in [-0.2, 0) is 20.9 Å². The molecule has 1 saturated carbocycles. The van der Waals surface area contributed by atoms with Gasteiger partial charge in [-0.25, -0.2) is 0 Å². The number of aliphatic carboxylic acids is 1. The number of aromatic nitrogens is 2. The van der Waals surface area contributed by atoms with E-state index in [-0.39, 0.29) is 23.7 Å². The fourth-order valence-electron chi connectivity index (χ4n) is 4.71. The van der Waals surface area contributed by atoms with Crippen LogP contribution in [0.1, 0.15) is 55.9 Å². The van der Waals surface area contributed by atoms with Crippen molar-refractivity contribution in [3.05, 3.63) is 11.9 Å². The Kier molecular flexibility index (Phi) is 5.09. The Bertz CT molecular complexity index is 785. The van der Waals surface area contributed by atoms with E-state index < -0.39 is 29.8 Å². The Balaban J connectivity index is 1.52. The second-order valence-electron chi connectivity index (χ2n) is 7.87. The number of amides is 2. The molecule has 0 aromatic carbocycles. The van der Waals surface area contributed by atoms with E-state index in [1.54, 1.807) is 10.9 Å². The molecule has 3 aliphatic rings.